The molecule has 0 spiro atoms. The van der Waals surface area contributed by atoms with Crippen molar-refractivity contribution in [2.24, 2.45) is 7.05 Å². The molecular weight excluding hydrogens is 285 g/mol. The summed E-state index contributed by atoms with van der Waals surface area (Å²) < 4.78 is 1.68. The summed E-state index contributed by atoms with van der Waals surface area (Å²) in [5, 5.41) is 7.78. The van der Waals surface area contributed by atoms with Crippen LogP contribution < -0.4 is 5.32 Å². The van der Waals surface area contributed by atoms with Crippen molar-refractivity contribution in [3.8, 4) is 0 Å². The highest BCUT2D eigenvalue weighted by molar-refractivity contribution is 6.35. The summed E-state index contributed by atoms with van der Waals surface area (Å²) in [6.45, 7) is 1.88. The molecule has 0 saturated carbocycles. The molecule has 0 radical (unpaired) electrons. The van der Waals surface area contributed by atoms with Gasteiger partial charge in [0.05, 0.1) is 22.8 Å². The van der Waals surface area contributed by atoms with Gasteiger partial charge in [-0.1, -0.05) is 23.2 Å². The van der Waals surface area contributed by atoms with E-state index in [0.717, 1.165) is 5.56 Å². The number of amides is 1. The average molecular weight is 298 g/mol. The van der Waals surface area contributed by atoms with E-state index in [1.807, 2.05) is 20.2 Å². The van der Waals surface area contributed by atoms with E-state index in [1.54, 1.807) is 29.1 Å². The van der Waals surface area contributed by atoms with Gasteiger partial charge in [-0.25, -0.2) is 0 Å². The van der Waals surface area contributed by atoms with Crippen molar-refractivity contribution in [1.82, 2.24) is 15.1 Å². The van der Waals surface area contributed by atoms with E-state index in [0.29, 0.717) is 15.6 Å². The molecule has 0 aliphatic heterocycles. The fraction of sp³-hybridized carbons (Fsp3) is 0.231. The Hall–Kier alpha value is -1.52. The number of aryl methyl sites for hydroxylation is 1. The molecule has 1 aromatic carbocycles. The number of nitrogens with one attached hydrogen (secondary N) is 1. The molecule has 0 aliphatic carbocycles. The Morgan fingerprint density at radius 3 is 2.79 bits per heavy atom. The lowest BCUT2D eigenvalue weighted by atomic mass is 10.1. The van der Waals surface area contributed by atoms with Crippen LogP contribution in [0.3, 0.4) is 0 Å². The van der Waals surface area contributed by atoms with Crippen LogP contribution in [0.25, 0.3) is 0 Å². The van der Waals surface area contributed by atoms with Crippen molar-refractivity contribution in [2.45, 2.75) is 13.0 Å². The Balaban J connectivity index is 2.15. The third kappa shape index (κ3) is 3.28. The summed E-state index contributed by atoms with van der Waals surface area (Å²) in [7, 11) is 1.83. The summed E-state index contributed by atoms with van der Waals surface area (Å²) in [6.07, 6.45) is 3.56. The molecule has 1 unspecified atom stereocenters. The minimum Gasteiger partial charge on any atom is -0.345 e. The fourth-order valence-electron chi connectivity index (χ4n) is 1.69. The molecule has 0 aliphatic rings. The Morgan fingerprint density at radius 1 is 1.42 bits per heavy atom. The number of hydrogen-bond donors (Lipinski definition) is 1. The van der Waals surface area contributed by atoms with Crippen LogP contribution in [0.2, 0.25) is 10.0 Å². The highest BCUT2D eigenvalue weighted by Gasteiger charge is 2.15. The van der Waals surface area contributed by atoms with Gasteiger partial charge in [0.15, 0.2) is 0 Å². The zero-order valence-electron chi connectivity index (χ0n) is 10.5. The first-order valence-electron chi connectivity index (χ1n) is 5.72. The fourth-order valence-corrected chi connectivity index (χ4v) is 2.07. The van der Waals surface area contributed by atoms with E-state index < -0.39 is 0 Å². The minimum atomic E-state index is -0.260. The maximum atomic E-state index is 12.1. The second-order valence-electron chi connectivity index (χ2n) is 4.27. The molecule has 1 atom stereocenters. The first-order chi connectivity index (χ1) is 8.97. The highest BCUT2D eigenvalue weighted by Crippen LogP contribution is 2.21. The van der Waals surface area contributed by atoms with Crippen LogP contribution in [0, 0.1) is 0 Å². The molecule has 19 heavy (non-hydrogen) atoms. The number of hydrogen-bond acceptors (Lipinski definition) is 2. The molecule has 1 aromatic heterocycles. The SMILES string of the molecule is CC(NC(=O)c1cc(Cl)ccc1Cl)c1cnn(C)c1. The van der Waals surface area contributed by atoms with Crippen LogP contribution >= 0.6 is 23.2 Å². The van der Waals surface area contributed by atoms with E-state index in [1.165, 1.54) is 0 Å². The summed E-state index contributed by atoms with van der Waals surface area (Å²) in [6, 6.07) is 4.64. The lowest BCUT2D eigenvalue weighted by Gasteiger charge is -2.13. The maximum Gasteiger partial charge on any atom is 0.253 e. The van der Waals surface area contributed by atoms with Crippen LogP contribution in [0.4, 0.5) is 0 Å². The van der Waals surface area contributed by atoms with Gasteiger partial charge in [-0.3, -0.25) is 9.48 Å². The van der Waals surface area contributed by atoms with Gasteiger partial charge in [-0.05, 0) is 25.1 Å². The smallest absolute Gasteiger partial charge is 0.253 e. The van der Waals surface area contributed by atoms with Crippen LogP contribution in [0.5, 0.6) is 0 Å². The molecule has 1 N–H and O–H groups in total. The Bertz CT molecular complexity index is 610. The maximum absolute atomic E-state index is 12.1. The van der Waals surface area contributed by atoms with Gasteiger partial charge in [0.25, 0.3) is 5.91 Å². The van der Waals surface area contributed by atoms with Gasteiger partial charge in [-0.15, -0.1) is 0 Å². The summed E-state index contributed by atoms with van der Waals surface area (Å²) >= 11 is 11.9. The predicted octanol–water partition coefficient (Wildman–Crippen LogP) is 3.22. The van der Waals surface area contributed by atoms with Gasteiger partial charge in [0.2, 0.25) is 0 Å². The lowest BCUT2D eigenvalue weighted by molar-refractivity contribution is 0.0940. The van der Waals surface area contributed by atoms with E-state index in [-0.39, 0.29) is 11.9 Å². The molecule has 1 amide bonds. The molecule has 2 rings (SSSR count). The van der Waals surface area contributed by atoms with Crippen LogP contribution in [0.1, 0.15) is 28.9 Å². The molecule has 0 fully saturated rings. The molecule has 0 bridgehead atoms. The lowest BCUT2D eigenvalue weighted by Crippen LogP contribution is -2.26. The van der Waals surface area contributed by atoms with Crippen molar-refractivity contribution >= 4 is 29.1 Å². The largest absolute Gasteiger partial charge is 0.345 e. The van der Waals surface area contributed by atoms with Gasteiger partial charge < -0.3 is 5.32 Å². The summed E-state index contributed by atoms with van der Waals surface area (Å²) in [5.74, 6) is -0.260. The second-order valence-corrected chi connectivity index (χ2v) is 5.11. The van der Waals surface area contributed by atoms with Crippen LogP contribution in [-0.4, -0.2) is 15.7 Å². The molecule has 2 aromatic rings. The molecule has 6 heteroatoms. The van der Waals surface area contributed by atoms with Gasteiger partial charge in [-0.2, -0.15) is 5.10 Å². The van der Waals surface area contributed by atoms with Gasteiger partial charge in [0.1, 0.15) is 0 Å². The summed E-state index contributed by atoms with van der Waals surface area (Å²) in [5.41, 5.74) is 1.29. The molecule has 1 heterocycles. The van der Waals surface area contributed by atoms with E-state index >= 15 is 0 Å². The van der Waals surface area contributed by atoms with Crippen molar-refractivity contribution in [3.05, 3.63) is 51.8 Å². The Kier molecular flexibility index (Phi) is 4.12. The standard InChI is InChI=1S/C13H13Cl2N3O/c1-8(9-6-16-18(2)7-9)17-13(19)11-5-10(14)3-4-12(11)15/h3-8H,1-2H3,(H,17,19). The number of halogens is 2. The van der Waals surface area contributed by atoms with E-state index in [4.69, 9.17) is 23.2 Å². The monoisotopic (exact) mass is 297 g/mol. The Morgan fingerprint density at radius 2 is 2.16 bits per heavy atom. The van der Waals surface area contributed by atoms with Crippen molar-refractivity contribution in [2.75, 3.05) is 0 Å². The number of nitrogens with zero attached hydrogens (tertiary/aromatic N) is 2. The van der Waals surface area contributed by atoms with Crippen LogP contribution in [0.15, 0.2) is 30.6 Å². The minimum absolute atomic E-state index is 0.156. The zero-order valence-corrected chi connectivity index (χ0v) is 12.0. The molecule has 100 valence electrons. The van der Waals surface area contributed by atoms with Crippen molar-refractivity contribution in [1.29, 1.82) is 0 Å². The number of aromatic nitrogens is 2. The Labute approximate surface area is 121 Å². The quantitative estimate of drug-likeness (QED) is 0.945. The normalized spacial score (nSPS) is 12.2. The number of carbonyl (C=O) groups excluding carboxylic acids is 1. The topological polar surface area (TPSA) is 46.9 Å². The van der Waals surface area contributed by atoms with Crippen molar-refractivity contribution < 1.29 is 4.79 Å². The number of carbonyl (C=O) groups is 1. The highest BCUT2D eigenvalue weighted by atomic mass is 35.5. The zero-order chi connectivity index (χ0) is 14.0. The number of rotatable bonds is 3. The van der Waals surface area contributed by atoms with Gasteiger partial charge >= 0.3 is 0 Å². The third-order valence-electron chi connectivity index (χ3n) is 2.75. The molecule has 0 saturated heterocycles. The van der Waals surface area contributed by atoms with Crippen molar-refractivity contribution in [3.63, 3.8) is 0 Å². The van der Waals surface area contributed by atoms with Crippen LogP contribution in [-0.2, 0) is 7.05 Å². The predicted molar refractivity (Wildman–Crippen MR) is 75.6 cm³/mol. The second kappa shape index (κ2) is 5.63. The third-order valence-corrected chi connectivity index (χ3v) is 3.31. The average Bonchev–Trinajstić information content (AvgIpc) is 2.79. The summed E-state index contributed by atoms with van der Waals surface area (Å²) in [4.78, 5) is 12.1. The first kappa shape index (κ1) is 13.9. The van der Waals surface area contributed by atoms with E-state index in [9.17, 15) is 4.79 Å². The molecule has 4 nitrogen and oxygen atoms in total. The van der Waals surface area contributed by atoms with Gasteiger partial charge in [0, 0.05) is 23.8 Å². The first-order valence-corrected chi connectivity index (χ1v) is 6.47. The van der Waals surface area contributed by atoms with E-state index in [2.05, 4.69) is 10.4 Å². The number of benzene rings is 1. The molecular formula is C13H13Cl2N3O.